The van der Waals surface area contributed by atoms with Crippen LogP contribution in [-0.4, -0.2) is 51.2 Å². The number of amides is 1. The summed E-state index contributed by atoms with van der Waals surface area (Å²) in [5.74, 6) is -0.460. The maximum atomic E-state index is 14.0. The van der Waals surface area contributed by atoms with Gasteiger partial charge < -0.3 is 10.0 Å². The van der Waals surface area contributed by atoms with Gasteiger partial charge in [0, 0.05) is 44.3 Å². The quantitative estimate of drug-likeness (QED) is 0.863. The molecule has 8 heteroatoms. The zero-order chi connectivity index (χ0) is 18.8. The average molecular weight is 381 g/mol. The summed E-state index contributed by atoms with van der Waals surface area (Å²) in [6.45, 7) is 2.45. The van der Waals surface area contributed by atoms with Crippen LogP contribution >= 0.6 is 11.6 Å². The number of halogens is 2. The Morgan fingerprint density at radius 1 is 1.38 bits per heavy atom. The van der Waals surface area contributed by atoms with Crippen LogP contribution in [0.3, 0.4) is 0 Å². The molecule has 0 fully saturated rings. The first-order valence-electron chi connectivity index (χ1n) is 8.44. The fourth-order valence-corrected chi connectivity index (χ4v) is 3.14. The Balaban J connectivity index is 1.67. The van der Waals surface area contributed by atoms with E-state index in [1.165, 1.54) is 11.0 Å². The van der Waals surface area contributed by atoms with E-state index >= 15 is 0 Å². The molecule has 1 aromatic heterocycles. The van der Waals surface area contributed by atoms with Gasteiger partial charge in [-0.3, -0.25) is 14.4 Å². The highest BCUT2D eigenvalue weighted by Gasteiger charge is 2.23. The van der Waals surface area contributed by atoms with Crippen LogP contribution in [0.25, 0.3) is 0 Å². The maximum Gasteiger partial charge on any atom is 0.225 e. The number of rotatable bonds is 5. The predicted octanol–water partition coefficient (Wildman–Crippen LogP) is 2.20. The first-order chi connectivity index (χ1) is 12.3. The second kappa shape index (κ2) is 7.73. The van der Waals surface area contributed by atoms with Gasteiger partial charge in [0.15, 0.2) is 0 Å². The molecule has 6 nitrogen and oxygen atoms in total. The molecule has 0 spiro atoms. The molecule has 140 valence electrons. The van der Waals surface area contributed by atoms with Crippen LogP contribution in [0, 0.1) is 5.82 Å². The lowest BCUT2D eigenvalue weighted by Gasteiger charge is -2.27. The monoisotopic (exact) mass is 380 g/mol. The molecule has 1 aliphatic rings. The molecule has 0 saturated carbocycles. The van der Waals surface area contributed by atoms with Gasteiger partial charge in [0.2, 0.25) is 5.91 Å². The van der Waals surface area contributed by atoms with Crippen molar-refractivity contribution in [1.29, 1.82) is 0 Å². The Morgan fingerprint density at radius 2 is 2.15 bits per heavy atom. The second-order valence-electron chi connectivity index (χ2n) is 6.74. The Morgan fingerprint density at radius 3 is 2.85 bits per heavy atom. The molecule has 1 amide bonds. The summed E-state index contributed by atoms with van der Waals surface area (Å²) in [6, 6.07) is 6.52. The molecule has 3 rings (SSSR count). The molecule has 0 bridgehead atoms. The zero-order valence-corrected chi connectivity index (χ0v) is 15.6. The van der Waals surface area contributed by atoms with Gasteiger partial charge in [0.25, 0.3) is 0 Å². The minimum absolute atomic E-state index is 0.00313. The molecule has 26 heavy (non-hydrogen) atoms. The summed E-state index contributed by atoms with van der Waals surface area (Å²) < 4.78 is 15.8. The largest absolute Gasteiger partial charge is 0.386 e. The normalized spacial score (nSPS) is 15.6. The number of carbonyl (C=O) groups excluding carboxylic acids is 1. The molecule has 1 aliphatic heterocycles. The van der Waals surface area contributed by atoms with E-state index in [1.54, 1.807) is 26.2 Å². The topological polar surface area (TPSA) is 61.6 Å². The third kappa shape index (κ3) is 4.23. The smallest absolute Gasteiger partial charge is 0.225 e. The van der Waals surface area contributed by atoms with Gasteiger partial charge in [0.1, 0.15) is 11.9 Å². The number of benzene rings is 1. The minimum Gasteiger partial charge on any atom is -0.386 e. The number of aromatic nitrogens is 2. The van der Waals surface area contributed by atoms with E-state index in [0.717, 1.165) is 12.2 Å². The lowest BCUT2D eigenvalue weighted by Crippen LogP contribution is -2.33. The van der Waals surface area contributed by atoms with Crippen LogP contribution in [0.4, 0.5) is 4.39 Å². The molecule has 1 N–H and O–H groups in total. The zero-order valence-electron chi connectivity index (χ0n) is 14.8. The standard InChI is InChI=1S/C18H22ClFN4O2/c1-22(2)18(26)9-17(25)16-8-14-11-23(5-6-24(14)21-16)10-12-3-4-13(19)7-15(12)20/h3-4,7-8,17,25H,5-6,9-11H2,1-2H3/t17-/m0/s1. The van der Waals surface area contributed by atoms with Gasteiger partial charge in [-0.05, 0) is 18.2 Å². The minimum atomic E-state index is -0.926. The van der Waals surface area contributed by atoms with Gasteiger partial charge in [-0.15, -0.1) is 0 Å². The molecule has 2 heterocycles. The summed E-state index contributed by atoms with van der Waals surface area (Å²) >= 11 is 5.80. The highest BCUT2D eigenvalue weighted by molar-refractivity contribution is 6.30. The van der Waals surface area contributed by atoms with Crippen LogP contribution < -0.4 is 0 Å². The molecule has 0 aliphatic carbocycles. The van der Waals surface area contributed by atoms with Gasteiger partial charge in [0.05, 0.1) is 24.4 Å². The molecule has 2 aromatic rings. The van der Waals surface area contributed by atoms with Gasteiger partial charge in [-0.25, -0.2) is 4.39 Å². The number of fused-ring (bicyclic) bond motifs is 1. The van der Waals surface area contributed by atoms with E-state index in [2.05, 4.69) is 10.00 Å². The first-order valence-corrected chi connectivity index (χ1v) is 8.82. The Kier molecular flexibility index (Phi) is 5.60. The average Bonchev–Trinajstić information content (AvgIpc) is 3.00. The van der Waals surface area contributed by atoms with Gasteiger partial charge in [-0.1, -0.05) is 17.7 Å². The SMILES string of the molecule is CN(C)C(=O)C[C@H](O)c1cc2n(n1)CCN(Cc1ccc(Cl)cc1F)C2. The summed E-state index contributed by atoms with van der Waals surface area (Å²) in [5.41, 5.74) is 2.03. The maximum absolute atomic E-state index is 14.0. The van der Waals surface area contributed by atoms with Crippen molar-refractivity contribution in [3.8, 4) is 0 Å². The second-order valence-corrected chi connectivity index (χ2v) is 7.17. The molecular formula is C18H22ClFN4O2. The molecule has 0 radical (unpaired) electrons. The lowest BCUT2D eigenvalue weighted by molar-refractivity contribution is -0.130. The van der Waals surface area contributed by atoms with Crippen molar-refractivity contribution in [2.45, 2.75) is 32.2 Å². The molecule has 0 unspecified atom stereocenters. The van der Waals surface area contributed by atoms with Crippen molar-refractivity contribution in [3.05, 3.63) is 52.1 Å². The van der Waals surface area contributed by atoms with E-state index in [-0.39, 0.29) is 18.1 Å². The summed E-state index contributed by atoms with van der Waals surface area (Å²) in [6.07, 6.45) is -0.923. The molecular weight excluding hydrogens is 359 g/mol. The van der Waals surface area contributed by atoms with Crippen LogP contribution in [0.5, 0.6) is 0 Å². The summed E-state index contributed by atoms with van der Waals surface area (Å²) in [5, 5.41) is 15.0. The van der Waals surface area contributed by atoms with E-state index in [0.29, 0.717) is 35.9 Å². The van der Waals surface area contributed by atoms with E-state index in [9.17, 15) is 14.3 Å². The van der Waals surface area contributed by atoms with E-state index in [1.807, 2.05) is 10.7 Å². The number of nitrogens with zero attached hydrogens (tertiary/aromatic N) is 4. The van der Waals surface area contributed by atoms with Crippen LogP contribution in [-0.2, 0) is 24.4 Å². The van der Waals surface area contributed by atoms with Crippen molar-refractivity contribution < 1.29 is 14.3 Å². The number of aliphatic hydroxyl groups is 1. The Hall–Kier alpha value is -1.96. The molecule has 1 aromatic carbocycles. The van der Waals surface area contributed by atoms with E-state index in [4.69, 9.17) is 11.6 Å². The van der Waals surface area contributed by atoms with Gasteiger partial charge in [-0.2, -0.15) is 5.10 Å². The van der Waals surface area contributed by atoms with Crippen LogP contribution in [0.2, 0.25) is 5.02 Å². The number of carbonyl (C=O) groups is 1. The third-order valence-corrected chi connectivity index (χ3v) is 4.75. The van der Waals surface area contributed by atoms with Crippen molar-refractivity contribution in [3.63, 3.8) is 0 Å². The number of aliphatic hydroxyl groups excluding tert-OH is 1. The Labute approximate surface area is 156 Å². The summed E-state index contributed by atoms with van der Waals surface area (Å²) in [7, 11) is 3.31. The van der Waals surface area contributed by atoms with Crippen molar-refractivity contribution in [2.24, 2.45) is 0 Å². The van der Waals surface area contributed by atoms with Crippen molar-refractivity contribution in [2.75, 3.05) is 20.6 Å². The third-order valence-electron chi connectivity index (χ3n) is 4.51. The summed E-state index contributed by atoms with van der Waals surface area (Å²) in [4.78, 5) is 15.3. The fraction of sp³-hybridized carbons (Fsp3) is 0.444. The lowest BCUT2D eigenvalue weighted by atomic mass is 10.1. The molecule has 1 atom stereocenters. The van der Waals surface area contributed by atoms with Crippen molar-refractivity contribution in [1.82, 2.24) is 19.6 Å². The Bertz CT molecular complexity index is 808. The first kappa shape index (κ1) is 18.8. The predicted molar refractivity (Wildman–Crippen MR) is 96.0 cm³/mol. The van der Waals surface area contributed by atoms with Crippen LogP contribution in [0.1, 0.15) is 29.5 Å². The molecule has 0 saturated heterocycles. The van der Waals surface area contributed by atoms with Crippen molar-refractivity contribution >= 4 is 17.5 Å². The number of hydrogen-bond acceptors (Lipinski definition) is 4. The number of hydrogen-bond donors (Lipinski definition) is 1. The van der Waals surface area contributed by atoms with E-state index < -0.39 is 6.10 Å². The highest BCUT2D eigenvalue weighted by atomic mass is 35.5. The van der Waals surface area contributed by atoms with Gasteiger partial charge >= 0.3 is 0 Å². The fourth-order valence-electron chi connectivity index (χ4n) is 2.98. The highest BCUT2D eigenvalue weighted by Crippen LogP contribution is 2.23. The van der Waals surface area contributed by atoms with Crippen LogP contribution in [0.15, 0.2) is 24.3 Å².